The largest absolute Gasteiger partial charge is 0.330 e. The summed E-state index contributed by atoms with van der Waals surface area (Å²) in [7, 11) is -3.08. The van der Waals surface area contributed by atoms with Crippen LogP contribution in [0.1, 0.15) is 19.3 Å². The molecular formula is C10H21ClN2O2S. The van der Waals surface area contributed by atoms with E-state index in [-0.39, 0.29) is 18.2 Å². The van der Waals surface area contributed by atoms with Gasteiger partial charge >= 0.3 is 0 Å². The van der Waals surface area contributed by atoms with E-state index in [1.54, 1.807) is 10.4 Å². The van der Waals surface area contributed by atoms with Gasteiger partial charge in [0.1, 0.15) is 0 Å². The van der Waals surface area contributed by atoms with Gasteiger partial charge in [0.25, 0.3) is 0 Å². The standard InChI is InChI=1S/C10H20N2O2S.ClH/c1-2-3-7-15(13,14)12-6-4-5-10(8-11)9-12;/h2,10H,1,3-9,11H2;1H. The van der Waals surface area contributed by atoms with Crippen LogP contribution in [0.5, 0.6) is 0 Å². The van der Waals surface area contributed by atoms with Gasteiger partial charge in [0.2, 0.25) is 10.0 Å². The van der Waals surface area contributed by atoms with Crippen LogP contribution in [0.25, 0.3) is 0 Å². The predicted octanol–water partition coefficient (Wildman–Crippen LogP) is 0.985. The maximum Gasteiger partial charge on any atom is 0.214 e. The molecule has 1 saturated heterocycles. The van der Waals surface area contributed by atoms with Crippen molar-refractivity contribution in [3.8, 4) is 0 Å². The number of hydrogen-bond donors (Lipinski definition) is 1. The first-order valence-electron chi connectivity index (χ1n) is 5.39. The highest BCUT2D eigenvalue weighted by molar-refractivity contribution is 7.89. The van der Waals surface area contributed by atoms with Crippen LogP contribution in [0.2, 0.25) is 0 Å². The van der Waals surface area contributed by atoms with Crippen molar-refractivity contribution in [2.75, 3.05) is 25.4 Å². The quantitative estimate of drug-likeness (QED) is 0.756. The normalized spacial score (nSPS) is 22.4. The lowest BCUT2D eigenvalue weighted by Gasteiger charge is -2.31. The molecule has 0 aromatic rings. The van der Waals surface area contributed by atoms with Gasteiger partial charge in [0.05, 0.1) is 5.75 Å². The van der Waals surface area contributed by atoms with Crippen molar-refractivity contribution in [1.82, 2.24) is 4.31 Å². The summed E-state index contributed by atoms with van der Waals surface area (Å²) in [5.74, 6) is 0.505. The molecule has 1 unspecified atom stereocenters. The number of sulfonamides is 1. The average molecular weight is 269 g/mol. The van der Waals surface area contributed by atoms with Gasteiger partial charge in [-0.25, -0.2) is 12.7 Å². The first-order valence-corrected chi connectivity index (χ1v) is 7.00. The molecule has 1 heterocycles. The third-order valence-electron chi connectivity index (χ3n) is 2.79. The van der Waals surface area contributed by atoms with Crippen LogP contribution in [-0.4, -0.2) is 38.1 Å². The third-order valence-corrected chi connectivity index (χ3v) is 4.66. The maximum absolute atomic E-state index is 11.8. The maximum atomic E-state index is 11.8. The second-order valence-electron chi connectivity index (χ2n) is 4.00. The van der Waals surface area contributed by atoms with Gasteiger partial charge in [-0.1, -0.05) is 6.08 Å². The summed E-state index contributed by atoms with van der Waals surface area (Å²) >= 11 is 0. The molecule has 1 rings (SSSR count). The van der Waals surface area contributed by atoms with E-state index in [1.165, 1.54) is 0 Å². The Morgan fingerprint density at radius 1 is 1.50 bits per heavy atom. The van der Waals surface area contributed by atoms with Crippen molar-refractivity contribution in [2.45, 2.75) is 19.3 Å². The molecule has 0 aromatic carbocycles. The Balaban J connectivity index is 0.00000225. The minimum atomic E-state index is -3.08. The summed E-state index contributed by atoms with van der Waals surface area (Å²) in [4.78, 5) is 0. The van der Waals surface area contributed by atoms with E-state index in [4.69, 9.17) is 5.73 Å². The molecule has 1 aliphatic rings. The molecule has 0 aliphatic carbocycles. The van der Waals surface area contributed by atoms with Crippen LogP contribution in [-0.2, 0) is 10.0 Å². The second kappa shape index (κ2) is 7.27. The number of halogens is 1. The van der Waals surface area contributed by atoms with Crippen LogP contribution in [0.15, 0.2) is 12.7 Å². The summed E-state index contributed by atoms with van der Waals surface area (Å²) in [6.45, 7) is 5.36. The Bertz CT molecular complexity index is 306. The Labute approximate surface area is 104 Å². The summed E-state index contributed by atoms with van der Waals surface area (Å²) in [5, 5.41) is 0. The Morgan fingerprint density at radius 3 is 2.75 bits per heavy atom. The fourth-order valence-corrected chi connectivity index (χ4v) is 3.40. The molecule has 1 atom stereocenters. The van der Waals surface area contributed by atoms with Crippen molar-refractivity contribution < 1.29 is 8.42 Å². The van der Waals surface area contributed by atoms with E-state index >= 15 is 0 Å². The number of piperidine rings is 1. The lowest BCUT2D eigenvalue weighted by molar-refractivity contribution is 0.271. The Kier molecular flexibility index (Phi) is 7.22. The van der Waals surface area contributed by atoms with E-state index in [1.807, 2.05) is 0 Å². The van der Waals surface area contributed by atoms with E-state index in [2.05, 4.69) is 6.58 Å². The van der Waals surface area contributed by atoms with Gasteiger partial charge in [-0.3, -0.25) is 0 Å². The molecule has 0 bridgehead atoms. The highest BCUT2D eigenvalue weighted by Gasteiger charge is 2.27. The van der Waals surface area contributed by atoms with Crippen molar-refractivity contribution in [1.29, 1.82) is 0 Å². The van der Waals surface area contributed by atoms with Crippen molar-refractivity contribution in [2.24, 2.45) is 11.7 Å². The van der Waals surface area contributed by atoms with Crippen LogP contribution in [0, 0.1) is 5.92 Å². The predicted molar refractivity (Wildman–Crippen MR) is 69.2 cm³/mol. The molecule has 96 valence electrons. The van der Waals surface area contributed by atoms with Gasteiger partial charge in [-0.2, -0.15) is 0 Å². The van der Waals surface area contributed by atoms with Crippen molar-refractivity contribution in [3.05, 3.63) is 12.7 Å². The highest BCUT2D eigenvalue weighted by Crippen LogP contribution is 2.18. The first kappa shape index (κ1) is 15.9. The summed E-state index contributed by atoms with van der Waals surface area (Å²) in [6, 6.07) is 0. The summed E-state index contributed by atoms with van der Waals surface area (Å²) in [6.07, 6.45) is 4.13. The molecule has 0 saturated carbocycles. The second-order valence-corrected chi connectivity index (χ2v) is 6.08. The lowest BCUT2D eigenvalue weighted by Crippen LogP contribution is -2.42. The lowest BCUT2D eigenvalue weighted by atomic mass is 10.0. The smallest absolute Gasteiger partial charge is 0.214 e. The molecule has 1 fully saturated rings. The van der Waals surface area contributed by atoms with Crippen molar-refractivity contribution >= 4 is 22.4 Å². The van der Waals surface area contributed by atoms with Crippen LogP contribution in [0.3, 0.4) is 0 Å². The average Bonchev–Trinajstić information content (AvgIpc) is 2.26. The van der Waals surface area contributed by atoms with Crippen LogP contribution >= 0.6 is 12.4 Å². The van der Waals surface area contributed by atoms with Crippen molar-refractivity contribution in [3.63, 3.8) is 0 Å². The fourth-order valence-electron chi connectivity index (χ4n) is 1.83. The molecule has 0 spiro atoms. The molecule has 16 heavy (non-hydrogen) atoms. The fraction of sp³-hybridized carbons (Fsp3) is 0.800. The molecular weight excluding hydrogens is 248 g/mol. The first-order chi connectivity index (χ1) is 7.10. The summed E-state index contributed by atoms with van der Waals surface area (Å²) < 4.78 is 25.3. The van der Waals surface area contributed by atoms with Gasteiger partial charge < -0.3 is 5.73 Å². The summed E-state index contributed by atoms with van der Waals surface area (Å²) in [5.41, 5.74) is 5.57. The molecule has 6 heteroatoms. The van der Waals surface area contributed by atoms with Crippen LogP contribution in [0.4, 0.5) is 0 Å². The minimum Gasteiger partial charge on any atom is -0.330 e. The Morgan fingerprint density at radius 2 is 2.19 bits per heavy atom. The SMILES string of the molecule is C=CCCS(=O)(=O)N1CCCC(CN)C1.Cl. The Hall–Kier alpha value is -0.100. The highest BCUT2D eigenvalue weighted by atomic mass is 35.5. The zero-order valence-electron chi connectivity index (χ0n) is 9.47. The van der Waals surface area contributed by atoms with E-state index in [0.29, 0.717) is 32.0 Å². The molecule has 0 amide bonds. The molecule has 0 aromatic heterocycles. The van der Waals surface area contributed by atoms with Gasteiger partial charge in [-0.15, -0.1) is 19.0 Å². The van der Waals surface area contributed by atoms with E-state index < -0.39 is 10.0 Å². The minimum absolute atomic E-state index is 0. The topological polar surface area (TPSA) is 63.4 Å². The number of hydrogen-bond acceptors (Lipinski definition) is 3. The monoisotopic (exact) mass is 268 g/mol. The molecule has 0 radical (unpaired) electrons. The molecule has 1 aliphatic heterocycles. The number of rotatable bonds is 5. The van der Waals surface area contributed by atoms with Crippen LogP contribution < -0.4 is 5.73 Å². The van der Waals surface area contributed by atoms with Gasteiger partial charge in [0, 0.05) is 13.1 Å². The zero-order valence-corrected chi connectivity index (χ0v) is 11.1. The molecule has 2 N–H and O–H groups in total. The number of nitrogens with zero attached hydrogens (tertiary/aromatic N) is 1. The van der Waals surface area contributed by atoms with Gasteiger partial charge in [-0.05, 0) is 31.7 Å². The number of allylic oxidation sites excluding steroid dienone is 1. The number of nitrogens with two attached hydrogens (primary N) is 1. The zero-order chi connectivity index (χ0) is 11.3. The third kappa shape index (κ3) is 4.41. The van der Waals surface area contributed by atoms with Gasteiger partial charge in [0.15, 0.2) is 0 Å². The molecule has 4 nitrogen and oxygen atoms in total. The van der Waals surface area contributed by atoms with E-state index in [9.17, 15) is 8.42 Å². The van der Waals surface area contributed by atoms with E-state index in [0.717, 1.165) is 12.8 Å².